The van der Waals surface area contributed by atoms with E-state index < -0.39 is 0 Å². The summed E-state index contributed by atoms with van der Waals surface area (Å²) in [4.78, 5) is 11.0. The van der Waals surface area contributed by atoms with Crippen molar-refractivity contribution < 1.29 is 14.3 Å². The van der Waals surface area contributed by atoms with Crippen LogP contribution in [-0.2, 0) is 14.3 Å². The molecule has 0 aromatic heterocycles. The Bertz CT molecular complexity index is 188. The minimum absolute atomic E-state index is 0.0999. The molecule has 4 nitrogen and oxygen atoms in total. The molecule has 15 heavy (non-hydrogen) atoms. The molecular weight excluding hydrogens is 194 g/mol. The van der Waals surface area contributed by atoms with Crippen molar-refractivity contribution in [3.05, 3.63) is 0 Å². The van der Waals surface area contributed by atoms with Crippen LogP contribution in [0, 0.1) is 0 Å². The van der Waals surface area contributed by atoms with Crippen molar-refractivity contribution in [2.45, 2.75) is 44.8 Å². The van der Waals surface area contributed by atoms with Crippen LogP contribution in [0.5, 0.6) is 0 Å². The van der Waals surface area contributed by atoms with Crippen molar-refractivity contribution >= 4 is 5.97 Å². The Balaban J connectivity index is 2.10. The van der Waals surface area contributed by atoms with Gasteiger partial charge in [0.05, 0.1) is 12.7 Å². The predicted octanol–water partition coefficient (Wildman–Crippen LogP) is 1.10. The molecule has 0 saturated heterocycles. The molecular formula is C11H21NO3. The topological polar surface area (TPSA) is 47.6 Å². The van der Waals surface area contributed by atoms with Crippen LogP contribution in [0.4, 0.5) is 0 Å². The van der Waals surface area contributed by atoms with E-state index in [0.717, 1.165) is 25.7 Å². The molecule has 0 bridgehead atoms. The molecule has 1 N–H and O–H groups in total. The fraction of sp³-hybridized carbons (Fsp3) is 0.909. The van der Waals surface area contributed by atoms with E-state index in [4.69, 9.17) is 9.47 Å². The summed E-state index contributed by atoms with van der Waals surface area (Å²) in [6.07, 6.45) is 4.56. The first-order chi connectivity index (χ1) is 7.26. The number of carbonyl (C=O) groups is 1. The van der Waals surface area contributed by atoms with Crippen LogP contribution < -0.4 is 5.32 Å². The molecule has 0 heterocycles. The molecule has 0 radical (unpaired) electrons. The monoisotopic (exact) mass is 215 g/mol. The van der Waals surface area contributed by atoms with Crippen molar-refractivity contribution in [2.75, 3.05) is 20.3 Å². The van der Waals surface area contributed by atoms with Crippen LogP contribution in [0.2, 0.25) is 0 Å². The number of ether oxygens (including phenoxy) is 2. The van der Waals surface area contributed by atoms with Gasteiger partial charge < -0.3 is 14.8 Å². The van der Waals surface area contributed by atoms with Gasteiger partial charge in [-0.05, 0) is 39.7 Å². The summed E-state index contributed by atoms with van der Waals surface area (Å²) < 4.78 is 10.3. The van der Waals surface area contributed by atoms with Crippen LogP contribution in [0.25, 0.3) is 0 Å². The summed E-state index contributed by atoms with van der Waals surface area (Å²) in [6, 6.07) is 0.618. The van der Waals surface area contributed by atoms with E-state index in [1.54, 1.807) is 6.92 Å². The van der Waals surface area contributed by atoms with E-state index in [2.05, 4.69) is 5.32 Å². The number of hydrogen-bond donors (Lipinski definition) is 1. The van der Waals surface area contributed by atoms with Crippen LogP contribution in [0.3, 0.4) is 0 Å². The number of carbonyl (C=O) groups excluding carboxylic acids is 1. The fourth-order valence-electron chi connectivity index (χ4n) is 1.91. The summed E-state index contributed by atoms with van der Waals surface area (Å²) >= 11 is 0. The highest BCUT2D eigenvalue weighted by atomic mass is 16.6. The molecule has 88 valence electrons. The number of rotatable bonds is 5. The largest absolute Gasteiger partial charge is 0.464 e. The Morgan fingerprint density at radius 2 is 2.00 bits per heavy atom. The molecule has 0 aromatic carbocycles. The Labute approximate surface area is 91.3 Å². The smallest absolute Gasteiger partial charge is 0.332 e. The van der Waals surface area contributed by atoms with E-state index in [1.165, 1.54) is 0 Å². The second-order valence-electron chi connectivity index (χ2n) is 3.88. The lowest BCUT2D eigenvalue weighted by Crippen LogP contribution is -2.33. The number of esters is 1. The minimum atomic E-state index is -0.256. The summed E-state index contributed by atoms with van der Waals surface area (Å²) in [7, 11) is 1.99. The van der Waals surface area contributed by atoms with Crippen molar-refractivity contribution in [2.24, 2.45) is 0 Å². The number of hydrogen-bond acceptors (Lipinski definition) is 4. The molecule has 0 aromatic rings. The molecule has 0 aliphatic heterocycles. The van der Waals surface area contributed by atoms with Gasteiger partial charge in [0.2, 0.25) is 0 Å². The van der Waals surface area contributed by atoms with Crippen LogP contribution in [0.1, 0.15) is 32.6 Å². The third-order valence-electron chi connectivity index (χ3n) is 2.82. The van der Waals surface area contributed by atoms with Gasteiger partial charge in [-0.1, -0.05) is 0 Å². The Morgan fingerprint density at radius 3 is 2.53 bits per heavy atom. The Kier molecular flexibility index (Phi) is 5.65. The third-order valence-corrected chi connectivity index (χ3v) is 2.82. The van der Waals surface area contributed by atoms with Gasteiger partial charge in [0.25, 0.3) is 0 Å². The molecule has 1 saturated carbocycles. The lowest BCUT2D eigenvalue weighted by Gasteiger charge is -2.27. The van der Waals surface area contributed by atoms with Crippen molar-refractivity contribution in [3.63, 3.8) is 0 Å². The maximum Gasteiger partial charge on any atom is 0.332 e. The molecule has 1 aliphatic rings. The molecule has 1 rings (SSSR count). The SMILES string of the molecule is CCOC(=O)COC1CCC(NC)CC1. The highest BCUT2D eigenvalue weighted by Crippen LogP contribution is 2.20. The summed E-state index contributed by atoms with van der Waals surface area (Å²) in [6.45, 7) is 2.33. The van der Waals surface area contributed by atoms with Gasteiger partial charge in [0.1, 0.15) is 6.61 Å². The van der Waals surface area contributed by atoms with Crippen molar-refractivity contribution in [1.29, 1.82) is 0 Å². The lowest BCUT2D eigenvalue weighted by molar-refractivity contribution is -0.151. The zero-order valence-electron chi connectivity index (χ0n) is 9.62. The van der Waals surface area contributed by atoms with E-state index in [0.29, 0.717) is 12.6 Å². The molecule has 1 fully saturated rings. The van der Waals surface area contributed by atoms with Crippen LogP contribution in [-0.4, -0.2) is 38.4 Å². The Morgan fingerprint density at radius 1 is 1.33 bits per heavy atom. The maximum absolute atomic E-state index is 11.0. The van der Waals surface area contributed by atoms with E-state index in [1.807, 2.05) is 7.05 Å². The van der Waals surface area contributed by atoms with E-state index >= 15 is 0 Å². The second-order valence-corrected chi connectivity index (χ2v) is 3.88. The highest BCUT2D eigenvalue weighted by molar-refractivity contribution is 5.70. The normalized spacial score (nSPS) is 26.3. The standard InChI is InChI=1S/C11H21NO3/c1-3-14-11(13)8-15-10-6-4-9(12-2)5-7-10/h9-10,12H,3-8H2,1-2H3. The van der Waals surface area contributed by atoms with Gasteiger partial charge in [-0.25, -0.2) is 4.79 Å². The first-order valence-corrected chi connectivity index (χ1v) is 5.70. The number of nitrogens with one attached hydrogen (secondary N) is 1. The lowest BCUT2D eigenvalue weighted by atomic mass is 9.93. The third kappa shape index (κ3) is 4.62. The van der Waals surface area contributed by atoms with E-state index in [-0.39, 0.29) is 18.7 Å². The van der Waals surface area contributed by atoms with E-state index in [9.17, 15) is 4.79 Å². The first-order valence-electron chi connectivity index (χ1n) is 5.70. The van der Waals surface area contributed by atoms with Gasteiger partial charge in [-0.3, -0.25) is 0 Å². The highest BCUT2D eigenvalue weighted by Gasteiger charge is 2.21. The zero-order chi connectivity index (χ0) is 11.1. The molecule has 1 aliphatic carbocycles. The molecule has 0 spiro atoms. The molecule has 0 atom stereocenters. The van der Waals surface area contributed by atoms with Crippen LogP contribution in [0.15, 0.2) is 0 Å². The molecule has 4 heteroatoms. The quantitative estimate of drug-likeness (QED) is 0.698. The average Bonchev–Trinajstić information content (AvgIpc) is 2.27. The predicted molar refractivity (Wildman–Crippen MR) is 57.7 cm³/mol. The molecule has 0 unspecified atom stereocenters. The van der Waals surface area contributed by atoms with Gasteiger partial charge in [0.15, 0.2) is 0 Å². The van der Waals surface area contributed by atoms with Crippen LogP contribution >= 0.6 is 0 Å². The maximum atomic E-state index is 11.0. The second kappa shape index (κ2) is 6.80. The van der Waals surface area contributed by atoms with Crippen molar-refractivity contribution in [1.82, 2.24) is 5.32 Å². The zero-order valence-corrected chi connectivity index (χ0v) is 9.62. The average molecular weight is 215 g/mol. The summed E-state index contributed by atoms with van der Waals surface area (Å²) in [5, 5.41) is 3.26. The first kappa shape index (κ1) is 12.5. The fourth-order valence-corrected chi connectivity index (χ4v) is 1.91. The van der Waals surface area contributed by atoms with Gasteiger partial charge in [-0.2, -0.15) is 0 Å². The minimum Gasteiger partial charge on any atom is -0.464 e. The van der Waals surface area contributed by atoms with Gasteiger partial charge in [-0.15, -0.1) is 0 Å². The van der Waals surface area contributed by atoms with Gasteiger partial charge >= 0.3 is 5.97 Å². The Hall–Kier alpha value is -0.610. The van der Waals surface area contributed by atoms with Crippen molar-refractivity contribution in [3.8, 4) is 0 Å². The molecule has 0 amide bonds. The summed E-state index contributed by atoms with van der Waals surface area (Å²) in [5.41, 5.74) is 0. The van der Waals surface area contributed by atoms with Gasteiger partial charge in [0, 0.05) is 6.04 Å². The summed E-state index contributed by atoms with van der Waals surface area (Å²) in [5.74, 6) is -0.256.